The van der Waals surface area contributed by atoms with Gasteiger partial charge >= 0.3 is 0 Å². The van der Waals surface area contributed by atoms with Gasteiger partial charge in [0, 0.05) is 11.1 Å². The van der Waals surface area contributed by atoms with Gasteiger partial charge in [-0.2, -0.15) is 0 Å². The number of hydrogen-bond donors (Lipinski definition) is 0. The molecule has 6 bridgehead atoms. The van der Waals surface area contributed by atoms with Crippen molar-refractivity contribution in [3.63, 3.8) is 0 Å². The summed E-state index contributed by atoms with van der Waals surface area (Å²) in [5, 5.41) is 0. The van der Waals surface area contributed by atoms with Gasteiger partial charge in [0.1, 0.15) is 31.9 Å². The Labute approximate surface area is 192 Å². The van der Waals surface area contributed by atoms with Crippen LogP contribution in [0.5, 0.6) is 5.75 Å². The smallest absolute Gasteiger partial charge is 0.245 e. The molecule has 0 unspecified atom stereocenters. The highest BCUT2D eigenvalue weighted by molar-refractivity contribution is 5.72. The van der Waals surface area contributed by atoms with Crippen LogP contribution < -0.4 is 13.9 Å². The van der Waals surface area contributed by atoms with Crippen molar-refractivity contribution in [2.45, 2.75) is 26.2 Å². The minimum atomic E-state index is 0.677. The second-order valence-electron chi connectivity index (χ2n) is 8.57. The van der Waals surface area contributed by atoms with Gasteiger partial charge in [-0.1, -0.05) is 42.5 Å². The second-order valence-corrected chi connectivity index (χ2v) is 8.57. The van der Waals surface area contributed by atoms with Crippen molar-refractivity contribution >= 4 is 22.1 Å². The molecular weight excluding hydrogens is 412 g/mol. The van der Waals surface area contributed by atoms with Gasteiger partial charge < -0.3 is 9.47 Å². The van der Waals surface area contributed by atoms with E-state index in [1.165, 1.54) is 33.2 Å². The lowest BCUT2D eigenvalue weighted by Crippen LogP contribution is -2.35. The highest BCUT2D eigenvalue weighted by atomic mass is 16.5. The first-order valence-corrected chi connectivity index (χ1v) is 11.5. The van der Waals surface area contributed by atoms with Gasteiger partial charge in [-0.15, -0.1) is 0 Å². The molecular formula is C27H28N4O2+2. The summed E-state index contributed by atoms with van der Waals surface area (Å²) in [6.07, 6.45) is 4.40. The summed E-state index contributed by atoms with van der Waals surface area (Å²) < 4.78 is 21.2. The molecule has 166 valence electrons. The monoisotopic (exact) mass is 440 g/mol. The van der Waals surface area contributed by atoms with Crippen molar-refractivity contribution in [1.82, 2.24) is 9.13 Å². The van der Waals surface area contributed by atoms with E-state index in [2.05, 4.69) is 97.7 Å². The quantitative estimate of drug-likeness (QED) is 0.375. The Morgan fingerprint density at radius 3 is 1.73 bits per heavy atom. The Kier molecular flexibility index (Phi) is 5.07. The fourth-order valence-corrected chi connectivity index (χ4v) is 5.04. The number of methoxy groups -OCH3 is 1. The Bertz CT molecular complexity index is 1350. The van der Waals surface area contributed by atoms with Gasteiger partial charge in [0.25, 0.3) is 0 Å². The van der Waals surface area contributed by atoms with Crippen molar-refractivity contribution in [3.8, 4) is 5.75 Å². The molecule has 3 heterocycles. The molecule has 0 radical (unpaired) electrons. The molecule has 0 saturated heterocycles. The first-order chi connectivity index (χ1) is 16.3. The Morgan fingerprint density at radius 2 is 1.21 bits per heavy atom. The summed E-state index contributed by atoms with van der Waals surface area (Å²) in [5.41, 5.74) is 7.22. The van der Waals surface area contributed by atoms with Gasteiger partial charge in [0.15, 0.2) is 22.1 Å². The maximum Gasteiger partial charge on any atom is 0.245 e. The van der Waals surface area contributed by atoms with E-state index in [0.717, 1.165) is 31.9 Å². The van der Waals surface area contributed by atoms with Crippen LogP contribution >= 0.6 is 0 Å². The number of benzene rings is 3. The molecule has 6 rings (SSSR count). The molecule has 2 aromatic heterocycles. The molecule has 0 aliphatic carbocycles. The summed E-state index contributed by atoms with van der Waals surface area (Å²) >= 11 is 0. The highest BCUT2D eigenvalue weighted by Crippen LogP contribution is 2.25. The van der Waals surface area contributed by atoms with E-state index < -0.39 is 0 Å². The maximum atomic E-state index is 6.06. The van der Waals surface area contributed by atoms with E-state index in [1.807, 2.05) is 0 Å². The van der Waals surface area contributed by atoms with E-state index >= 15 is 0 Å². The lowest BCUT2D eigenvalue weighted by Gasteiger charge is -2.12. The predicted molar refractivity (Wildman–Crippen MR) is 126 cm³/mol. The minimum absolute atomic E-state index is 0.677. The second kappa shape index (κ2) is 8.37. The van der Waals surface area contributed by atoms with Gasteiger partial charge in [-0.05, 0) is 24.3 Å². The Balaban J connectivity index is 1.49. The van der Waals surface area contributed by atoms with Crippen LogP contribution in [-0.2, 0) is 30.9 Å². The zero-order valence-electron chi connectivity index (χ0n) is 18.9. The third-order valence-electron chi connectivity index (χ3n) is 6.58. The predicted octanol–water partition coefficient (Wildman–Crippen LogP) is 3.31. The van der Waals surface area contributed by atoms with Crippen molar-refractivity contribution < 1.29 is 18.6 Å². The highest BCUT2D eigenvalue weighted by Gasteiger charge is 2.21. The van der Waals surface area contributed by atoms with Crippen LogP contribution in [-0.4, -0.2) is 29.5 Å². The maximum absolute atomic E-state index is 6.06. The van der Waals surface area contributed by atoms with Gasteiger partial charge in [0.2, 0.25) is 12.7 Å². The fourth-order valence-electron chi connectivity index (χ4n) is 5.04. The Morgan fingerprint density at radius 1 is 0.697 bits per heavy atom. The van der Waals surface area contributed by atoms with Crippen molar-refractivity contribution in [3.05, 3.63) is 90.5 Å². The fraction of sp³-hybridized carbons (Fsp3) is 0.259. The van der Waals surface area contributed by atoms with Crippen molar-refractivity contribution in [2.24, 2.45) is 0 Å². The third-order valence-corrected chi connectivity index (χ3v) is 6.58. The molecule has 6 nitrogen and oxygen atoms in total. The average Bonchev–Trinajstić information content (AvgIpc) is 3.37. The van der Waals surface area contributed by atoms with Crippen LogP contribution in [0, 0.1) is 0 Å². The van der Waals surface area contributed by atoms with E-state index in [-0.39, 0.29) is 0 Å². The first kappa shape index (κ1) is 20.0. The zero-order valence-corrected chi connectivity index (χ0v) is 18.9. The standard InChI is InChI=1S/C27H28N4O2/c1-32-27-21-7-6-8-22(27)18-31-20-29(24-10-3-5-12-26(24)31)14-16-33-15-13-28-19-30(17-21)25-11-4-2-9-23(25)28/h2-12,19-20H,13-18H2,1H3/q+2. The summed E-state index contributed by atoms with van der Waals surface area (Å²) in [6, 6.07) is 23.6. The van der Waals surface area contributed by atoms with Crippen LogP contribution in [0.25, 0.3) is 22.1 Å². The van der Waals surface area contributed by atoms with Gasteiger partial charge in [0.05, 0.1) is 20.3 Å². The lowest BCUT2D eigenvalue weighted by molar-refractivity contribution is -0.664. The molecule has 6 heteroatoms. The largest absolute Gasteiger partial charge is 0.496 e. The molecule has 3 aromatic carbocycles. The zero-order chi connectivity index (χ0) is 22.2. The van der Waals surface area contributed by atoms with Crippen molar-refractivity contribution in [1.29, 1.82) is 0 Å². The normalized spacial score (nSPS) is 14.6. The molecule has 33 heavy (non-hydrogen) atoms. The summed E-state index contributed by atoms with van der Waals surface area (Å²) in [5.74, 6) is 0.960. The van der Waals surface area contributed by atoms with Gasteiger partial charge in [-0.3, -0.25) is 0 Å². The molecule has 1 aliphatic heterocycles. The summed E-state index contributed by atoms with van der Waals surface area (Å²) in [7, 11) is 1.78. The topological polar surface area (TPSA) is 36.1 Å². The minimum Gasteiger partial charge on any atom is -0.496 e. The van der Waals surface area contributed by atoms with Crippen LogP contribution in [0.2, 0.25) is 0 Å². The lowest BCUT2D eigenvalue weighted by atomic mass is 10.1. The number of imidazole rings is 2. The van der Waals surface area contributed by atoms with Crippen molar-refractivity contribution in [2.75, 3.05) is 20.3 Å². The molecule has 0 amide bonds. The molecule has 0 fully saturated rings. The molecule has 5 aromatic rings. The number of nitrogens with zero attached hydrogens (tertiary/aromatic N) is 4. The van der Waals surface area contributed by atoms with Crippen LogP contribution in [0.15, 0.2) is 79.4 Å². The van der Waals surface area contributed by atoms with E-state index in [4.69, 9.17) is 9.47 Å². The van der Waals surface area contributed by atoms with Gasteiger partial charge in [-0.25, -0.2) is 18.3 Å². The number of aromatic nitrogens is 4. The van der Waals surface area contributed by atoms with Crippen LogP contribution in [0.3, 0.4) is 0 Å². The molecule has 0 N–H and O–H groups in total. The number of para-hydroxylation sites is 5. The first-order valence-electron chi connectivity index (χ1n) is 11.5. The van der Waals surface area contributed by atoms with E-state index in [0.29, 0.717) is 13.2 Å². The number of hydrogen-bond acceptors (Lipinski definition) is 2. The number of fused-ring (bicyclic) bond motifs is 12. The Hall–Kier alpha value is -3.64. The van der Waals surface area contributed by atoms with Crippen LogP contribution in [0.1, 0.15) is 11.1 Å². The molecule has 1 aliphatic rings. The summed E-state index contributed by atoms with van der Waals surface area (Å²) in [6.45, 7) is 4.48. The van der Waals surface area contributed by atoms with E-state index in [1.54, 1.807) is 7.11 Å². The SMILES string of the molecule is COc1c2cccc1C[n+]1cn(c3ccccc31)CCOCCn1c[n+](c3ccccc31)C2. The molecule has 0 atom stereocenters. The summed E-state index contributed by atoms with van der Waals surface area (Å²) in [4.78, 5) is 0. The third kappa shape index (κ3) is 3.56. The van der Waals surface area contributed by atoms with Crippen LogP contribution in [0.4, 0.5) is 0 Å². The average molecular weight is 441 g/mol. The molecule has 0 spiro atoms. The van der Waals surface area contributed by atoms with E-state index in [9.17, 15) is 0 Å². The molecule has 0 saturated carbocycles. The number of ether oxygens (including phenoxy) is 2. The number of rotatable bonds is 1.